The molecule has 0 spiro atoms. The molecule has 0 radical (unpaired) electrons. The number of nitrogens with zero attached hydrogens (tertiary/aromatic N) is 5. The lowest BCUT2D eigenvalue weighted by atomic mass is 9.98. The maximum atomic E-state index is 13.9. The number of rotatable bonds is 25. The van der Waals surface area contributed by atoms with Crippen LogP contribution < -0.4 is 4.74 Å². The Bertz CT molecular complexity index is 2080. The van der Waals surface area contributed by atoms with E-state index in [9.17, 15) is 9.59 Å². The van der Waals surface area contributed by atoms with Gasteiger partial charge in [0.2, 0.25) is 5.82 Å². The Morgan fingerprint density at radius 1 is 0.787 bits per heavy atom. The predicted octanol–water partition coefficient (Wildman–Crippen LogP) is 12.5. The van der Waals surface area contributed by atoms with Crippen molar-refractivity contribution >= 4 is 23.2 Å². The summed E-state index contributed by atoms with van der Waals surface area (Å²) in [5, 5.41) is 14.7. The minimum atomic E-state index is -0.699. The molecule has 0 saturated heterocycles. The van der Waals surface area contributed by atoms with E-state index in [2.05, 4.69) is 39.7 Å². The summed E-state index contributed by atoms with van der Waals surface area (Å²) < 4.78 is 25.5. The van der Waals surface area contributed by atoms with E-state index in [0.717, 1.165) is 73.6 Å². The number of esters is 1. The fourth-order valence-electron chi connectivity index (χ4n) is 8.39. The van der Waals surface area contributed by atoms with Crippen molar-refractivity contribution in [3.8, 4) is 28.5 Å². The maximum absolute atomic E-state index is 13.9. The monoisotopic (exact) mass is 835 g/mol. The zero-order chi connectivity index (χ0) is 42.7. The number of ether oxygens (including phenoxy) is 4. The molecule has 1 fully saturated rings. The number of benzene rings is 3. The number of tetrazole rings is 1. The van der Waals surface area contributed by atoms with Crippen molar-refractivity contribution in [1.82, 2.24) is 30.2 Å². The highest BCUT2D eigenvalue weighted by Gasteiger charge is 2.27. The first-order chi connectivity index (χ1) is 30.0. The second-order valence-electron chi connectivity index (χ2n) is 16.4. The van der Waals surface area contributed by atoms with Gasteiger partial charge >= 0.3 is 12.1 Å². The molecular formula is C49H66N6O6. The van der Waals surface area contributed by atoms with Gasteiger partial charge in [0.25, 0.3) is 6.01 Å². The third-order valence-electron chi connectivity index (χ3n) is 11.8. The molecule has 1 aliphatic carbocycles. The summed E-state index contributed by atoms with van der Waals surface area (Å²) in [6.45, 7) is 7.03. The number of nitrogens with one attached hydrogen (secondary N) is 1. The van der Waals surface area contributed by atoms with Gasteiger partial charge in [0.15, 0.2) is 0 Å². The van der Waals surface area contributed by atoms with Gasteiger partial charge < -0.3 is 18.9 Å². The largest absolute Gasteiger partial charge is 0.509 e. The zero-order valence-electron chi connectivity index (χ0n) is 36.7. The van der Waals surface area contributed by atoms with Gasteiger partial charge in [-0.25, -0.2) is 9.59 Å². The Morgan fingerprint density at radius 2 is 1.44 bits per heavy atom. The molecule has 0 amide bonds. The number of aromatic nitrogens is 6. The van der Waals surface area contributed by atoms with E-state index in [4.69, 9.17) is 23.9 Å². The number of fused-ring (bicyclic) bond motifs is 1. The van der Waals surface area contributed by atoms with Crippen LogP contribution in [0.2, 0.25) is 0 Å². The summed E-state index contributed by atoms with van der Waals surface area (Å²) in [6, 6.07) is 20.1. The Hall–Kier alpha value is -5.26. The lowest BCUT2D eigenvalue weighted by molar-refractivity contribution is -0.00727. The third-order valence-corrected chi connectivity index (χ3v) is 11.8. The van der Waals surface area contributed by atoms with Crippen LogP contribution in [0.1, 0.15) is 170 Å². The van der Waals surface area contributed by atoms with Crippen LogP contribution in [0.15, 0.2) is 60.7 Å². The van der Waals surface area contributed by atoms with Crippen molar-refractivity contribution < 1.29 is 28.5 Å². The van der Waals surface area contributed by atoms with Gasteiger partial charge in [0.1, 0.15) is 17.7 Å². The number of unbranched alkanes of at least 4 members (excludes halogenated alkanes) is 13. The Morgan fingerprint density at radius 3 is 2.08 bits per heavy atom. The van der Waals surface area contributed by atoms with E-state index in [0.29, 0.717) is 53.8 Å². The number of carbonyl (C=O) groups is 2. The van der Waals surface area contributed by atoms with Gasteiger partial charge in [-0.3, -0.25) is 4.57 Å². The molecule has 1 saturated carbocycles. The normalized spacial score (nSPS) is 13.6. The predicted molar refractivity (Wildman–Crippen MR) is 239 cm³/mol. The van der Waals surface area contributed by atoms with Crippen LogP contribution in [0.5, 0.6) is 6.01 Å². The Balaban J connectivity index is 1.15. The molecule has 1 aliphatic rings. The highest BCUT2D eigenvalue weighted by Crippen LogP contribution is 2.35. The van der Waals surface area contributed by atoms with E-state index in [1.807, 2.05) is 47.9 Å². The Kier molecular flexibility index (Phi) is 18.0. The molecule has 61 heavy (non-hydrogen) atoms. The number of carbonyl (C=O) groups excluding carboxylic acids is 2. The second kappa shape index (κ2) is 24.3. The molecule has 1 unspecified atom stereocenters. The molecule has 6 rings (SSSR count). The first-order valence-corrected chi connectivity index (χ1v) is 23.1. The summed E-state index contributed by atoms with van der Waals surface area (Å²) >= 11 is 0. The van der Waals surface area contributed by atoms with Crippen LogP contribution in [0.3, 0.4) is 0 Å². The topological polar surface area (TPSA) is 143 Å². The molecule has 2 aromatic heterocycles. The van der Waals surface area contributed by atoms with Crippen molar-refractivity contribution in [2.45, 2.75) is 162 Å². The fourth-order valence-corrected chi connectivity index (χ4v) is 8.39. The number of H-pyrrole nitrogens is 1. The SMILES string of the molecule is CCCCCCCCCCCCCCCCOC(=O)c1ccc(C(C)OC(=O)OC2CCCCC2)c2nc(OCC)n(Cc3ccc(-c4ccccc4-c4nn[nH]n4)cc3)c12. The van der Waals surface area contributed by atoms with Gasteiger partial charge in [-0.2, -0.15) is 10.2 Å². The fraction of sp³-hybridized carbons (Fsp3) is 0.551. The van der Waals surface area contributed by atoms with Crippen LogP contribution in [-0.2, 0) is 20.8 Å². The standard InChI is InChI=1S/C49H66N6O6/c1-4-6-7-8-9-10-11-12-13-14-15-16-17-23-34-59-47(56)43-33-32-40(36(3)60-49(57)61-39-24-19-18-20-25-39)44-45(43)55(48(50-44)58-5-2)35-37-28-30-38(31-29-37)41-26-21-22-27-42(41)46-51-53-54-52-46/h21-22,26-33,36,39H,4-20,23-25,34-35H2,1-3H3,(H,51,52,53,54). The summed E-state index contributed by atoms with van der Waals surface area (Å²) in [4.78, 5) is 31.9. The molecule has 0 bridgehead atoms. The van der Waals surface area contributed by atoms with E-state index < -0.39 is 18.2 Å². The molecular weight excluding hydrogens is 769 g/mol. The first-order valence-electron chi connectivity index (χ1n) is 23.1. The van der Waals surface area contributed by atoms with E-state index in [1.54, 1.807) is 19.1 Å². The molecule has 1 atom stereocenters. The molecule has 2 heterocycles. The molecule has 0 aliphatic heterocycles. The molecule has 1 N–H and O–H groups in total. The van der Waals surface area contributed by atoms with Crippen molar-refractivity contribution in [1.29, 1.82) is 0 Å². The van der Waals surface area contributed by atoms with E-state index in [-0.39, 0.29) is 6.10 Å². The molecule has 5 aromatic rings. The number of hydrogen-bond donors (Lipinski definition) is 1. The third kappa shape index (κ3) is 13.1. The second-order valence-corrected chi connectivity index (χ2v) is 16.4. The summed E-state index contributed by atoms with van der Waals surface area (Å²) in [5.41, 5.74) is 5.90. The highest BCUT2D eigenvalue weighted by molar-refractivity contribution is 6.03. The van der Waals surface area contributed by atoms with Gasteiger partial charge in [-0.05, 0) is 73.9 Å². The van der Waals surface area contributed by atoms with Crippen LogP contribution in [0, 0.1) is 0 Å². The van der Waals surface area contributed by atoms with Crippen molar-refractivity contribution in [3.05, 3.63) is 77.4 Å². The minimum Gasteiger partial charge on any atom is -0.465 e. The lowest BCUT2D eigenvalue weighted by Crippen LogP contribution is -2.22. The van der Waals surface area contributed by atoms with Crippen molar-refractivity contribution in [2.75, 3.05) is 13.2 Å². The van der Waals surface area contributed by atoms with Gasteiger partial charge in [0.05, 0.1) is 30.8 Å². The summed E-state index contributed by atoms with van der Waals surface area (Å²) in [5.74, 6) is 0.0973. The van der Waals surface area contributed by atoms with E-state index in [1.165, 1.54) is 70.6 Å². The highest BCUT2D eigenvalue weighted by atomic mass is 16.7. The van der Waals surface area contributed by atoms with Crippen LogP contribution in [-0.4, -0.2) is 61.6 Å². The lowest BCUT2D eigenvalue weighted by Gasteiger charge is -2.22. The molecule has 328 valence electrons. The van der Waals surface area contributed by atoms with Gasteiger partial charge in [0, 0.05) is 11.1 Å². The van der Waals surface area contributed by atoms with Crippen LogP contribution in [0.25, 0.3) is 33.5 Å². The maximum Gasteiger partial charge on any atom is 0.509 e. The van der Waals surface area contributed by atoms with Gasteiger partial charge in [-0.15, -0.1) is 10.2 Å². The van der Waals surface area contributed by atoms with E-state index >= 15 is 0 Å². The zero-order valence-corrected chi connectivity index (χ0v) is 36.7. The summed E-state index contributed by atoms with van der Waals surface area (Å²) in [7, 11) is 0. The average Bonchev–Trinajstić information content (AvgIpc) is 3.94. The van der Waals surface area contributed by atoms with Crippen LogP contribution >= 0.6 is 0 Å². The molecule has 12 heteroatoms. The molecule has 3 aromatic carbocycles. The number of imidazole rings is 1. The van der Waals surface area contributed by atoms with Crippen molar-refractivity contribution in [2.24, 2.45) is 0 Å². The summed E-state index contributed by atoms with van der Waals surface area (Å²) in [6.07, 6.45) is 21.0. The Labute approximate surface area is 361 Å². The van der Waals surface area contributed by atoms with Gasteiger partial charge in [-0.1, -0.05) is 151 Å². The minimum absolute atomic E-state index is 0.132. The molecule has 12 nitrogen and oxygen atoms in total. The smallest absolute Gasteiger partial charge is 0.465 e. The quantitative estimate of drug-likeness (QED) is 0.0446. The number of hydrogen-bond acceptors (Lipinski definition) is 10. The average molecular weight is 835 g/mol. The first kappa shape index (κ1) is 45.3. The van der Waals surface area contributed by atoms with Crippen molar-refractivity contribution in [3.63, 3.8) is 0 Å². The van der Waals surface area contributed by atoms with Crippen LogP contribution in [0.4, 0.5) is 4.79 Å². The number of aromatic amines is 1.